The largest absolute Gasteiger partial charge is 0.481 e. The Kier molecular flexibility index (Phi) is 4.03. The minimum absolute atomic E-state index is 0.425. The molecule has 0 aliphatic carbocycles. The first-order valence-electron chi connectivity index (χ1n) is 6.28. The predicted octanol–water partition coefficient (Wildman–Crippen LogP) is 1.68. The maximum absolute atomic E-state index is 5.46. The molecule has 0 aliphatic heterocycles. The number of rotatable bonds is 6. The smallest absolute Gasteiger partial charge is 0.315 e. The first-order chi connectivity index (χ1) is 9.15. The molecule has 0 amide bonds. The van der Waals surface area contributed by atoms with E-state index in [2.05, 4.69) is 27.5 Å². The van der Waals surface area contributed by atoms with E-state index in [-0.39, 0.29) is 0 Å². The van der Waals surface area contributed by atoms with E-state index in [1.54, 1.807) is 11.8 Å². The van der Waals surface area contributed by atoms with Crippen molar-refractivity contribution in [3.63, 3.8) is 0 Å². The summed E-state index contributed by atoms with van der Waals surface area (Å²) < 4.78 is 12.5. The average Bonchev–Trinajstić information content (AvgIpc) is 2.92. The lowest BCUT2D eigenvalue weighted by atomic mass is 10.2. The van der Waals surface area contributed by atoms with Gasteiger partial charge in [-0.3, -0.25) is 0 Å². The fourth-order valence-electron chi connectivity index (χ4n) is 1.94. The number of hydrogen-bond donors (Lipinski definition) is 1. The van der Waals surface area contributed by atoms with Gasteiger partial charge in [-0.1, -0.05) is 12.0 Å². The van der Waals surface area contributed by atoms with Gasteiger partial charge in [0.25, 0.3) is 0 Å². The highest BCUT2D eigenvalue weighted by Crippen LogP contribution is 2.21. The van der Waals surface area contributed by atoms with Gasteiger partial charge in [-0.2, -0.15) is 5.10 Å². The summed E-state index contributed by atoms with van der Waals surface area (Å²) in [6.45, 7) is 4.55. The summed E-state index contributed by atoms with van der Waals surface area (Å²) in [4.78, 5) is 0. The molecule has 7 nitrogen and oxygen atoms in total. The van der Waals surface area contributed by atoms with Gasteiger partial charge in [0, 0.05) is 13.5 Å². The van der Waals surface area contributed by atoms with Crippen molar-refractivity contribution in [2.24, 2.45) is 7.05 Å². The van der Waals surface area contributed by atoms with Gasteiger partial charge < -0.3 is 14.5 Å². The average molecular weight is 265 g/mol. The Balaban J connectivity index is 2.05. The van der Waals surface area contributed by atoms with Gasteiger partial charge in [0.15, 0.2) is 0 Å². The van der Waals surface area contributed by atoms with E-state index < -0.39 is 0 Å². The second kappa shape index (κ2) is 5.73. The van der Waals surface area contributed by atoms with Crippen LogP contribution >= 0.6 is 0 Å². The zero-order valence-corrected chi connectivity index (χ0v) is 11.7. The van der Waals surface area contributed by atoms with E-state index in [9.17, 15) is 0 Å². The van der Waals surface area contributed by atoms with E-state index in [1.165, 1.54) is 0 Å². The second-order valence-electron chi connectivity index (χ2n) is 4.30. The summed E-state index contributed by atoms with van der Waals surface area (Å²) in [7, 11) is 3.48. The summed E-state index contributed by atoms with van der Waals surface area (Å²) in [6.07, 6.45) is 1.78. The van der Waals surface area contributed by atoms with Gasteiger partial charge in [-0.05, 0) is 13.3 Å². The van der Waals surface area contributed by atoms with E-state index in [0.717, 1.165) is 30.0 Å². The molecular weight excluding hydrogens is 246 g/mol. The Morgan fingerprint density at radius 3 is 2.84 bits per heavy atom. The quantitative estimate of drug-likeness (QED) is 0.856. The Morgan fingerprint density at radius 2 is 2.16 bits per heavy atom. The van der Waals surface area contributed by atoms with Crippen LogP contribution in [0.2, 0.25) is 0 Å². The molecule has 2 aromatic rings. The fourth-order valence-corrected chi connectivity index (χ4v) is 1.94. The number of nitrogens with zero attached hydrogens (tertiary/aromatic N) is 4. The van der Waals surface area contributed by atoms with Crippen LogP contribution in [0, 0.1) is 6.92 Å². The molecule has 0 saturated carbocycles. The lowest BCUT2D eigenvalue weighted by Gasteiger charge is -2.04. The van der Waals surface area contributed by atoms with Crippen molar-refractivity contribution in [2.75, 3.05) is 12.4 Å². The molecule has 1 N–H and O–H groups in total. The minimum Gasteiger partial charge on any atom is -0.481 e. The maximum Gasteiger partial charge on any atom is 0.315 e. The van der Waals surface area contributed by atoms with Gasteiger partial charge >= 0.3 is 6.01 Å². The molecule has 0 atom stereocenters. The standard InChI is InChI=1S/C12H19N5O2/c1-5-6-10-14-15-12(19-10)13-7-9-8(2)16-17(3)11(9)18-4/h5-7H2,1-4H3,(H,13,15). The lowest BCUT2D eigenvalue weighted by Crippen LogP contribution is -2.03. The summed E-state index contributed by atoms with van der Waals surface area (Å²) in [5, 5.41) is 15.3. The van der Waals surface area contributed by atoms with Crippen LogP contribution in [0.4, 0.5) is 6.01 Å². The third-order valence-corrected chi connectivity index (χ3v) is 2.83. The normalized spacial score (nSPS) is 10.7. The van der Waals surface area contributed by atoms with Crippen molar-refractivity contribution in [2.45, 2.75) is 33.2 Å². The molecule has 2 heterocycles. The predicted molar refractivity (Wildman–Crippen MR) is 70.1 cm³/mol. The first-order valence-corrected chi connectivity index (χ1v) is 6.28. The van der Waals surface area contributed by atoms with Crippen molar-refractivity contribution in [1.82, 2.24) is 20.0 Å². The molecule has 19 heavy (non-hydrogen) atoms. The zero-order chi connectivity index (χ0) is 13.8. The summed E-state index contributed by atoms with van der Waals surface area (Å²) >= 11 is 0. The van der Waals surface area contributed by atoms with E-state index in [1.807, 2.05) is 14.0 Å². The molecule has 104 valence electrons. The lowest BCUT2D eigenvalue weighted by molar-refractivity contribution is 0.369. The number of hydrogen-bond acceptors (Lipinski definition) is 6. The highest BCUT2D eigenvalue weighted by molar-refractivity contribution is 5.34. The van der Waals surface area contributed by atoms with E-state index in [0.29, 0.717) is 18.5 Å². The van der Waals surface area contributed by atoms with Crippen LogP contribution in [0.15, 0.2) is 4.42 Å². The van der Waals surface area contributed by atoms with Crippen molar-refractivity contribution < 1.29 is 9.15 Å². The van der Waals surface area contributed by atoms with Crippen LogP contribution < -0.4 is 10.1 Å². The molecule has 0 bridgehead atoms. The number of methoxy groups -OCH3 is 1. The van der Waals surface area contributed by atoms with Gasteiger partial charge in [0.2, 0.25) is 11.8 Å². The summed E-state index contributed by atoms with van der Waals surface area (Å²) in [5.74, 6) is 1.39. The SMILES string of the molecule is CCCc1nnc(NCc2c(C)nn(C)c2OC)o1. The Hall–Kier alpha value is -2.05. The zero-order valence-electron chi connectivity index (χ0n) is 11.7. The Bertz CT molecular complexity index is 546. The van der Waals surface area contributed by atoms with E-state index >= 15 is 0 Å². The molecule has 2 rings (SSSR count). The van der Waals surface area contributed by atoms with Gasteiger partial charge in [-0.25, -0.2) is 4.68 Å². The van der Waals surface area contributed by atoms with Gasteiger partial charge in [0.1, 0.15) is 0 Å². The molecule has 2 aromatic heterocycles. The number of nitrogens with one attached hydrogen (secondary N) is 1. The molecule has 0 unspecified atom stereocenters. The van der Waals surface area contributed by atoms with Crippen LogP contribution in [0.3, 0.4) is 0 Å². The number of aromatic nitrogens is 4. The van der Waals surface area contributed by atoms with Crippen molar-refractivity contribution >= 4 is 6.01 Å². The minimum atomic E-state index is 0.425. The molecule has 0 aliphatic rings. The molecule has 0 aromatic carbocycles. The van der Waals surface area contributed by atoms with Gasteiger partial charge in [0.05, 0.1) is 24.9 Å². The third kappa shape index (κ3) is 2.86. The fraction of sp³-hybridized carbons (Fsp3) is 0.583. The number of anilines is 1. The molecule has 0 spiro atoms. The molecule has 0 saturated heterocycles. The molecule has 0 fully saturated rings. The van der Waals surface area contributed by atoms with E-state index in [4.69, 9.17) is 9.15 Å². The molecule has 7 heteroatoms. The molecule has 0 radical (unpaired) electrons. The third-order valence-electron chi connectivity index (χ3n) is 2.83. The summed E-state index contributed by atoms with van der Waals surface area (Å²) in [5.41, 5.74) is 1.90. The number of aryl methyl sites for hydroxylation is 3. The molecular formula is C12H19N5O2. The Morgan fingerprint density at radius 1 is 1.37 bits per heavy atom. The highest BCUT2D eigenvalue weighted by atomic mass is 16.5. The second-order valence-corrected chi connectivity index (χ2v) is 4.30. The van der Waals surface area contributed by atoms with Crippen molar-refractivity contribution in [3.8, 4) is 5.88 Å². The Labute approximate surface area is 112 Å². The van der Waals surface area contributed by atoms with Gasteiger partial charge in [-0.15, -0.1) is 5.10 Å². The van der Waals surface area contributed by atoms with Crippen LogP contribution in [0.25, 0.3) is 0 Å². The van der Waals surface area contributed by atoms with Crippen molar-refractivity contribution in [3.05, 3.63) is 17.1 Å². The topological polar surface area (TPSA) is 78.0 Å². The monoisotopic (exact) mass is 265 g/mol. The van der Waals surface area contributed by atoms with Crippen LogP contribution in [-0.2, 0) is 20.0 Å². The van der Waals surface area contributed by atoms with Crippen LogP contribution in [0.1, 0.15) is 30.5 Å². The maximum atomic E-state index is 5.46. The van der Waals surface area contributed by atoms with Crippen molar-refractivity contribution in [1.29, 1.82) is 0 Å². The first kappa shape index (κ1) is 13.4. The number of ether oxygens (including phenoxy) is 1. The van der Waals surface area contributed by atoms with Crippen LogP contribution in [0.5, 0.6) is 5.88 Å². The highest BCUT2D eigenvalue weighted by Gasteiger charge is 2.14. The summed E-state index contributed by atoms with van der Waals surface area (Å²) in [6, 6.07) is 0.425. The van der Waals surface area contributed by atoms with Crippen LogP contribution in [-0.4, -0.2) is 27.1 Å².